The van der Waals surface area contributed by atoms with Crippen LogP contribution in [0.25, 0.3) is 0 Å². The number of nitriles is 1. The Labute approximate surface area is 140 Å². The van der Waals surface area contributed by atoms with Gasteiger partial charge in [-0.3, -0.25) is 0 Å². The van der Waals surface area contributed by atoms with Crippen LogP contribution in [-0.2, 0) is 20.7 Å². The summed E-state index contributed by atoms with van der Waals surface area (Å²) in [4.78, 5) is 27.4. The number of aliphatic imine (C=N–C) groups is 1. The molecule has 0 bridgehead atoms. The Morgan fingerprint density at radius 3 is 2.42 bits per heavy atom. The minimum absolute atomic E-state index is 0.000792. The largest absolute Gasteiger partial charge is 0.496 e. The first-order valence-corrected chi connectivity index (χ1v) is 7.16. The Bertz CT molecular complexity index is 696. The van der Waals surface area contributed by atoms with Crippen molar-refractivity contribution in [2.75, 3.05) is 14.2 Å². The summed E-state index contributed by atoms with van der Waals surface area (Å²) in [5, 5.41) is 8.92. The monoisotopic (exact) mass is 332 g/mol. The predicted molar refractivity (Wildman–Crippen MR) is 87.1 cm³/mol. The molecule has 1 rings (SSSR count). The molecule has 0 saturated heterocycles. The second-order valence-corrected chi connectivity index (χ2v) is 5.85. The van der Waals surface area contributed by atoms with E-state index in [1.165, 1.54) is 20.3 Å². The van der Waals surface area contributed by atoms with Crippen LogP contribution in [0.5, 0.6) is 5.75 Å². The van der Waals surface area contributed by atoms with Gasteiger partial charge in [0.1, 0.15) is 17.1 Å². The van der Waals surface area contributed by atoms with Crippen molar-refractivity contribution in [3.8, 4) is 11.8 Å². The number of methoxy groups -OCH3 is 2. The lowest BCUT2D eigenvalue weighted by molar-refractivity contribution is -0.132. The summed E-state index contributed by atoms with van der Waals surface area (Å²) in [6.07, 6.45) is -0.878. The molecular weight excluding hydrogens is 312 g/mol. The molecule has 24 heavy (non-hydrogen) atoms. The maximum atomic E-state index is 11.9. The molecule has 0 fully saturated rings. The lowest BCUT2D eigenvalue weighted by Crippen LogP contribution is -2.25. The van der Waals surface area contributed by atoms with Crippen LogP contribution in [0, 0.1) is 11.3 Å². The molecule has 0 saturated carbocycles. The number of hydrogen-bond acceptors (Lipinski definition) is 6. The van der Waals surface area contributed by atoms with Crippen LogP contribution in [-0.4, -0.2) is 37.6 Å². The number of amides is 1. The molecule has 0 heterocycles. The lowest BCUT2D eigenvalue weighted by atomic mass is 10.0. The Balaban J connectivity index is 3.14. The van der Waals surface area contributed by atoms with E-state index in [1.54, 1.807) is 32.9 Å². The quantitative estimate of drug-likeness (QED) is 0.621. The smallest absolute Gasteiger partial charge is 0.434 e. The highest BCUT2D eigenvalue weighted by atomic mass is 16.6. The Hall–Kier alpha value is -2.88. The maximum absolute atomic E-state index is 11.9. The number of rotatable bonds is 4. The minimum atomic E-state index is -0.879. The van der Waals surface area contributed by atoms with Crippen LogP contribution in [0.3, 0.4) is 0 Å². The van der Waals surface area contributed by atoms with E-state index in [0.29, 0.717) is 16.9 Å². The van der Waals surface area contributed by atoms with Crippen LogP contribution in [0.1, 0.15) is 31.9 Å². The lowest BCUT2D eigenvalue weighted by Gasteiger charge is -2.17. The van der Waals surface area contributed by atoms with E-state index in [9.17, 15) is 9.59 Å². The van der Waals surface area contributed by atoms with Crippen molar-refractivity contribution in [2.45, 2.75) is 32.8 Å². The number of benzene rings is 1. The number of carbonyl (C=O) groups excluding carboxylic acids is 2. The standard InChI is InChI=1S/C17H20N2O5/c1-17(2,3)24-16(21)19-13(15(20)23-5)9-12-7-6-11(10-18)8-14(12)22-4/h6-8H,9H2,1-5H3/b19-13-. The molecule has 0 aliphatic rings. The van der Waals surface area contributed by atoms with E-state index in [2.05, 4.69) is 9.73 Å². The van der Waals surface area contributed by atoms with Gasteiger partial charge < -0.3 is 14.2 Å². The molecule has 0 radical (unpaired) electrons. The number of ether oxygens (including phenoxy) is 3. The van der Waals surface area contributed by atoms with Gasteiger partial charge in [0.15, 0.2) is 0 Å². The van der Waals surface area contributed by atoms with E-state index in [1.807, 2.05) is 6.07 Å². The third kappa shape index (κ3) is 5.72. The van der Waals surface area contributed by atoms with Gasteiger partial charge in [-0.05, 0) is 32.9 Å². The summed E-state index contributed by atoms with van der Waals surface area (Å²) >= 11 is 0. The van der Waals surface area contributed by atoms with E-state index in [4.69, 9.17) is 14.7 Å². The molecule has 0 aliphatic carbocycles. The highest BCUT2D eigenvalue weighted by Gasteiger charge is 2.21. The van der Waals surface area contributed by atoms with Gasteiger partial charge in [-0.2, -0.15) is 10.3 Å². The number of carbonyl (C=O) groups is 2. The molecule has 1 aromatic rings. The van der Waals surface area contributed by atoms with Crippen molar-refractivity contribution in [2.24, 2.45) is 4.99 Å². The van der Waals surface area contributed by atoms with E-state index in [0.717, 1.165) is 0 Å². The molecule has 0 spiro atoms. The Morgan fingerprint density at radius 2 is 1.92 bits per heavy atom. The van der Waals surface area contributed by atoms with Crippen LogP contribution in [0.2, 0.25) is 0 Å². The zero-order valence-electron chi connectivity index (χ0n) is 14.4. The van der Waals surface area contributed by atoms with Gasteiger partial charge >= 0.3 is 12.1 Å². The fourth-order valence-electron chi connectivity index (χ4n) is 1.81. The zero-order chi connectivity index (χ0) is 18.3. The van der Waals surface area contributed by atoms with Gasteiger partial charge in [-0.25, -0.2) is 9.59 Å². The predicted octanol–water partition coefficient (Wildman–Crippen LogP) is 2.66. The molecule has 0 atom stereocenters. The summed E-state index contributed by atoms with van der Waals surface area (Å²) in [7, 11) is 2.64. The second-order valence-electron chi connectivity index (χ2n) is 5.85. The number of esters is 1. The minimum Gasteiger partial charge on any atom is -0.496 e. The SMILES string of the molecule is COC(=O)/C(Cc1ccc(C#N)cc1OC)=N\C(=O)OC(C)(C)C. The van der Waals surface area contributed by atoms with Gasteiger partial charge in [0.25, 0.3) is 0 Å². The normalized spacial score (nSPS) is 11.4. The summed E-state index contributed by atoms with van der Waals surface area (Å²) in [5.41, 5.74) is 0.159. The fourth-order valence-corrected chi connectivity index (χ4v) is 1.81. The highest BCUT2D eigenvalue weighted by Crippen LogP contribution is 2.21. The van der Waals surface area contributed by atoms with Crippen molar-refractivity contribution in [3.63, 3.8) is 0 Å². The molecule has 7 heteroatoms. The van der Waals surface area contributed by atoms with Crippen LogP contribution in [0.15, 0.2) is 23.2 Å². The first kappa shape index (κ1) is 19.2. The third-order valence-corrected chi connectivity index (χ3v) is 2.81. The van der Waals surface area contributed by atoms with Gasteiger partial charge in [-0.15, -0.1) is 0 Å². The Kier molecular flexibility index (Phi) is 6.48. The van der Waals surface area contributed by atoms with Gasteiger partial charge in [0.2, 0.25) is 0 Å². The van der Waals surface area contributed by atoms with Crippen LogP contribution in [0.4, 0.5) is 4.79 Å². The first-order valence-electron chi connectivity index (χ1n) is 7.16. The van der Waals surface area contributed by atoms with Gasteiger partial charge in [-0.1, -0.05) is 6.07 Å². The molecule has 1 amide bonds. The van der Waals surface area contributed by atoms with Crippen molar-refractivity contribution in [3.05, 3.63) is 29.3 Å². The summed E-state index contributed by atoms with van der Waals surface area (Å²) in [5.74, 6) is -0.331. The van der Waals surface area contributed by atoms with Crippen LogP contribution < -0.4 is 4.74 Å². The van der Waals surface area contributed by atoms with Crippen molar-refractivity contribution in [1.29, 1.82) is 5.26 Å². The van der Waals surface area contributed by atoms with Crippen LogP contribution >= 0.6 is 0 Å². The molecule has 1 aromatic carbocycles. The second kappa shape index (κ2) is 8.11. The molecule has 0 N–H and O–H groups in total. The fraction of sp³-hybridized carbons (Fsp3) is 0.412. The summed E-state index contributed by atoms with van der Waals surface area (Å²) in [6.45, 7) is 5.09. The molecule has 0 aromatic heterocycles. The van der Waals surface area contributed by atoms with E-state index >= 15 is 0 Å². The maximum Gasteiger partial charge on any atom is 0.434 e. The number of nitrogens with zero attached hydrogens (tertiary/aromatic N) is 2. The Morgan fingerprint density at radius 1 is 1.25 bits per heavy atom. The molecule has 0 unspecified atom stereocenters. The topological polar surface area (TPSA) is 98.0 Å². The molecule has 128 valence electrons. The van der Waals surface area contributed by atoms with Gasteiger partial charge in [0.05, 0.1) is 25.9 Å². The average Bonchev–Trinajstić information content (AvgIpc) is 2.51. The summed E-state index contributed by atoms with van der Waals surface area (Å²) < 4.78 is 15.0. The highest BCUT2D eigenvalue weighted by molar-refractivity contribution is 6.38. The summed E-state index contributed by atoms with van der Waals surface area (Å²) in [6, 6.07) is 6.75. The van der Waals surface area contributed by atoms with E-state index in [-0.39, 0.29) is 12.1 Å². The first-order chi connectivity index (χ1) is 11.2. The van der Waals surface area contributed by atoms with Crippen molar-refractivity contribution < 1.29 is 23.8 Å². The van der Waals surface area contributed by atoms with Crippen molar-refractivity contribution >= 4 is 17.8 Å². The molecule has 0 aliphatic heterocycles. The average molecular weight is 332 g/mol. The number of hydrogen-bond donors (Lipinski definition) is 0. The van der Waals surface area contributed by atoms with Crippen molar-refractivity contribution in [1.82, 2.24) is 0 Å². The van der Waals surface area contributed by atoms with E-state index < -0.39 is 17.7 Å². The van der Waals surface area contributed by atoms with Gasteiger partial charge in [0, 0.05) is 12.0 Å². The zero-order valence-corrected chi connectivity index (χ0v) is 14.4. The molecule has 7 nitrogen and oxygen atoms in total. The third-order valence-electron chi connectivity index (χ3n) is 2.81. The molecular formula is C17H20N2O5.